The molecule has 1 aromatic carbocycles. The molecule has 242 valence electrons. The molecule has 45 heavy (non-hydrogen) atoms. The number of nitrogens with zero attached hydrogens (tertiary/aromatic N) is 3. The number of morpholine rings is 1. The second-order valence-electron chi connectivity index (χ2n) is 12.3. The van der Waals surface area contributed by atoms with Gasteiger partial charge in [-0.1, -0.05) is 19.9 Å². The Morgan fingerprint density at radius 3 is 2.47 bits per heavy atom. The van der Waals surface area contributed by atoms with Gasteiger partial charge in [0.25, 0.3) is 11.5 Å². The second-order valence-corrected chi connectivity index (χ2v) is 12.3. The SMILES string of the molecule is CCN(c1cc(-c2ccc(CN3CCOCC3)nc2)cc(C(=O)NCc2c(C(C)C)c(F)c(C)[nH]c2=O)c1C)C1CCOCC1. The van der Waals surface area contributed by atoms with Crippen LogP contribution < -0.4 is 15.8 Å². The number of hydrogen-bond acceptors (Lipinski definition) is 7. The van der Waals surface area contributed by atoms with E-state index in [2.05, 4.69) is 39.2 Å². The minimum Gasteiger partial charge on any atom is -0.381 e. The maximum absolute atomic E-state index is 15.1. The highest BCUT2D eigenvalue weighted by molar-refractivity contribution is 5.99. The van der Waals surface area contributed by atoms with Crippen LogP contribution in [0.5, 0.6) is 0 Å². The van der Waals surface area contributed by atoms with E-state index in [4.69, 9.17) is 14.5 Å². The maximum Gasteiger partial charge on any atom is 0.253 e. The molecule has 2 saturated heterocycles. The molecule has 2 aromatic heterocycles. The smallest absolute Gasteiger partial charge is 0.253 e. The summed E-state index contributed by atoms with van der Waals surface area (Å²) in [6.07, 6.45) is 3.70. The first-order valence-corrected chi connectivity index (χ1v) is 16.1. The fourth-order valence-corrected chi connectivity index (χ4v) is 6.50. The number of carbonyl (C=O) groups excluding carboxylic acids is 1. The van der Waals surface area contributed by atoms with Crippen LogP contribution in [0, 0.1) is 19.7 Å². The van der Waals surface area contributed by atoms with E-state index in [9.17, 15) is 9.59 Å². The van der Waals surface area contributed by atoms with E-state index >= 15 is 4.39 Å². The Hall–Kier alpha value is -3.60. The number of H-pyrrole nitrogens is 1. The second kappa shape index (κ2) is 14.7. The van der Waals surface area contributed by atoms with Crippen molar-refractivity contribution in [1.29, 1.82) is 0 Å². The molecule has 0 bridgehead atoms. The van der Waals surface area contributed by atoms with E-state index < -0.39 is 5.82 Å². The Kier molecular flexibility index (Phi) is 10.7. The van der Waals surface area contributed by atoms with Gasteiger partial charge >= 0.3 is 0 Å². The third-order valence-corrected chi connectivity index (χ3v) is 9.02. The molecule has 0 unspecified atom stereocenters. The highest BCUT2D eigenvalue weighted by Crippen LogP contribution is 2.34. The van der Waals surface area contributed by atoms with E-state index in [1.807, 2.05) is 39.1 Å². The Bertz CT molecular complexity index is 1540. The Labute approximate surface area is 265 Å². The largest absolute Gasteiger partial charge is 0.381 e. The van der Waals surface area contributed by atoms with Crippen molar-refractivity contribution in [3.8, 4) is 11.1 Å². The number of carbonyl (C=O) groups is 1. The number of halogens is 1. The van der Waals surface area contributed by atoms with E-state index in [-0.39, 0.29) is 35.2 Å². The Morgan fingerprint density at radius 1 is 1.11 bits per heavy atom. The standard InChI is InChI=1S/C35H46FN5O4/c1-6-41(28-9-13-44-14-10-28)31-18-26(25-7-8-27(37-19-25)21-40-11-15-45-16-12-40)17-29(23(31)4)34(42)38-20-30-32(22(2)3)33(36)24(5)39-35(30)43/h7-8,17-19,22,28H,6,9-16,20-21H2,1-5H3,(H,38,42)(H,39,43). The van der Waals surface area contributed by atoms with E-state index in [1.165, 1.54) is 0 Å². The Balaban J connectivity index is 1.48. The van der Waals surface area contributed by atoms with Crippen molar-refractivity contribution in [2.24, 2.45) is 0 Å². The zero-order valence-corrected chi connectivity index (χ0v) is 27.2. The summed E-state index contributed by atoms with van der Waals surface area (Å²) in [5, 5.41) is 2.94. The molecular weight excluding hydrogens is 573 g/mol. The summed E-state index contributed by atoms with van der Waals surface area (Å²) in [6, 6.07) is 8.46. The number of amides is 1. The van der Waals surface area contributed by atoms with Gasteiger partial charge in [-0.15, -0.1) is 0 Å². The lowest BCUT2D eigenvalue weighted by Crippen LogP contribution is -2.40. The molecule has 3 aromatic rings. The molecule has 2 fully saturated rings. The molecule has 2 aliphatic heterocycles. The Morgan fingerprint density at radius 2 is 1.82 bits per heavy atom. The van der Waals surface area contributed by atoms with E-state index in [0.29, 0.717) is 30.4 Å². The normalized spacial score (nSPS) is 16.2. The highest BCUT2D eigenvalue weighted by atomic mass is 19.1. The number of pyridine rings is 2. The van der Waals surface area contributed by atoms with Crippen LogP contribution in [0.3, 0.4) is 0 Å². The van der Waals surface area contributed by atoms with Crippen LogP contribution in [0.25, 0.3) is 11.1 Å². The van der Waals surface area contributed by atoms with Gasteiger partial charge < -0.3 is 24.7 Å². The summed E-state index contributed by atoms with van der Waals surface area (Å²) in [5.74, 6) is -0.967. The molecule has 0 radical (unpaired) electrons. The molecule has 0 aliphatic carbocycles. The minimum absolute atomic E-state index is 0.0763. The third-order valence-electron chi connectivity index (χ3n) is 9.02. The quantitative estimate of drug-likeness (QED) is 0.327. The molecule has 9 nitrogen and oxygen atoms in total. The van der Waals surface area contributed by atoms with Crippen molar-refractivity contribution in [2.45, 2.75) is 72.5 Å². The van der Waals surface area contributed by atoms with Crippen molar-refractivity contribution in [3.05, 3.63) is 80.3 Å². The zero-order chi connectivity index (χ0) is 32.1. The van der Waals surface area contributed by atoms with Gasteiger partial charge in [-0.05, 0) is 68.9 Å². The predicted molar refractivity (Wildman–Crippen MR) is 174 cm³/mol. The van der Waals surface area contributed by atoms with Gasteiger partial charge in [0.05, 0.1) is 24.6 Å². The molecule has 4 heterocycles. The molecular formula is C35H46FN5O4. The van der Waals surface area contributed by atoms with Crippen LogP contribution in [0.4, 0.5) is 10.1 Å². The van der Waals surface area contributed by atoms with Crippen LogP contribution in [0.15, 0.2) is 35.3 Å². The summed E-state index contributed by atoms with van der Waals surface area (Å²) in [7, 11) is 0. The lowest BCUT2D eigenvalue weighted by molar-refractivity contribution is 0.0336. The topological polar surface area (TPSA) is 99.8 Å². The molecule has 2 aliphatic rings. The number of rotatable bonds is 10. The molecule has 10 heteroatoms. The predicted octanol–water partition coefficient (Wildman–Crippen LogP) is 5.08. The summed E-state index contributed by atoms with van der Waals surface area (Å²) in [6.45, 7) is 15.5. The zero-order valence-electron chi connectivity index (χ0n) is 27.2. The third kappa shape index (κ3) is 7.45. The van der Waals surface area contributed by atoms with Gasteiger partial charge in [-0.3, -0.25) is 19.5 Å². The number of benzene rings is 1. The lowest BCUT2D eigenvalue weighted by Gasteiger charge is -2.37. The first-order chi connectivity index (χ1) is 21.7. The summed E-state index contributed by atoms with van der Waals surface area (Å²) in [4.78, 5) is 38.8. The fraction of sp³-hybridized carbons (Fsp3) is 0.514. The fourth-order valence-electron chi connectivity index (χ4n) is 6.50. The van der Waals surface area contributed by atoms with Crippen molar-refractivity contribution in [3.63, 3.8) is 0 Å². The summed E-state index contributed by atoms with van der Waals surface area (Å²) < 4.78 is 26.2. The van der Waals surface area contributed by atoms with Crippen molar-refractivity contribution < 1.29 is 18.7 Å². The van der Waals surface area contributed by atoms with Crippen molar-refractivity contribution in [2.75, 3.05) is 51.0 Å². The minimum atomic E-state index is -0.436. The summed E-state index contributed by atoms with van der Waals surface area (Å²) >= 11 is 0. The van der Waals surface area contributed by atoms with Crippen LogP contribution >= 0.6 is 0 Å². The molecule has 1 amide bonds. The average Bonchev–Trinajstić information content (AvgIpc) is 3.04. The van der Waals surface area contributed by atoms with Crippen molar-refractivity contribution in [1.82, 2.24) is 20.2 Å². The first kappa shape index (κ1) is 32.8. The van der Waals surface area contributed by atoms with Crippen LogP contribution in [-0.2, 0) is 22.6 Å². The number of aryl methyl sites for hydroxylation is 1. The summed E-state index contributed by atoms with van der Waals surface area (Å²) in [5.41, 5.74) is 5.54. The number of aromatic nitrogens is 2. The monoisotopic (exact) mass is 619 g/mol. The highest BCUT2D eigenvalue weighted by Gasteiger charge is 2.26. The lowest BCUT2D eigenvalue weighted by atomic mass is 9.95. The molecule has 0 saturated carbocycles. The van der Waals surface area contributed by atoms with Gasteiger partial charge in [-0.2, -0.15) is 0 Å². The number of nitrogens with one attached hydrogen (secondary N) is 2. The number of ether oxygens (including phenoxy) is 2. The molecule has 0 spiro atoms. The first-order valence-electron chi connectivity index (χ1n) is 16.1. The molecule has 0 atom stereocenters. The van der Waals surface area contributed by atoms with E-state index in [1.54, 1.807) is 6.92 Å². The van der Waals surface area contributed by atoms with Crippen LogP contribution in [0.2, 0.25) is 0 Å². The van der Waals surface area contributed by atoms with Gasteiger partial charge in [-0.25, -0.2) is 4.39 Å². The van der Waals surface area contributed by atoms with Crippen molar-refractivity contribution >= 4 is 11.6 Å². The van der Waals surface area contributed by atoms with E-state index in [0.717, 1.165) is 80.3 Å². The van der Waals surface area contributed by atoms with Gasteiger partial charge in [0.1, 0.15) is 5.82 Å². The van der Waals surface area contributed by atoms with Gasteiger partial charge in [0, 0.05) is 86.1 Å². The van der Waals surface area contributed by atoms with Gasteiger partial charge in [0.15, 0.2) is 0 Å². The average molecular weight is 620 g/mol. The number of hydrogen-bond donors (Lipinski definition) is 2. The molecule has 2 N–H and O–H groups in total. The number of aromatic amines is 1. The molecule has 5 rings (SSSR count). The van der Waals surface area contributed by atoms with Crippen LogP contribution in [-0.4, -0.2) is 72.9 Å². The van der Waals surface area contributed by atoms with Crippen LogP contribution in [0.1, 0.15) is 78.0 Å². The van der Waals surface area contributed by atoms with Gasteiger partial charge in [0.2, 0.25) is 0 Å². The maximum atomic E-state index is 15.1. The number of anilines is 1.